The third kappa shape index (κ3) is 6.44. The van der Waals surface area contributed by atoms with Crippen molar-refractivity contribution in [2.24, 2.45) is 0 Å². The van der Waals surface area contributed by atoms with Crippen LogP contribution in [0.1, 0.15) is 49.8 Å². The van der Waals surface area contributed by atoms with E-state index in [9.17, 15) is 5.11 Å². The molecule has 118 valence electrons. The highest BCUT2D eigenvalue weighted by Gasteiger charge is 2.10. The van der Waals surface area contributed by atoms with E-state index >= 15 is 0 Å². The van der Waals surface area contributed by atoms with Crippen LogP contribution in [0.5, 0.6) is 0 Å². The highest BCUT2D eigenvalue weighted by atomic mass is 16.3. The van der Waals surface area contributed by atoms with E-state index in [0.29, 0.717) is 0 Å². The molecule has 0 atom stereocenters. The Morgan fingerprint density at radius 2 is 1.18 bits per heavy atom. The summed E-state index contributed by atoms with van der Waals surface area (Å²) in [7, 11) is 0. The van der Waals surface area contributed by atoms with Crippen LogP contribution >= 0.6 is 0 Å². The van der Waals surface area contributed by atoms with Crippen LogP contribution in [0.4, 0.5) is 0 Å². The zero-order valence-corrected chi connectivity index (χ0v) is 13.9. The fraction of sp³-hybridized carbons (Fsp3) is 0.429. The van der Waals surface area contributed by atoms with Gasteiger partial charge in [-0.2, -0.15) is 0 Å². The lowest BCUT2D eigenvalue weighted by Crippen LogP contribution is -2.17. The summed E-state index contributed by atoms with van der Waals surface area (Å²) in [6, 6.07) is 19.7. The van der Waals surface area contributed by atoms with Crippen molar-refractivity contribution in [1.82, 2.24) is 0 Å². The Morgan fingerprint density at radius 3 is 1.73 bits per heavy atom. The van der Waals surface area contributed by atoms with Gasteiger partial charge in [0.1, 0.15) is 0 Å². The smallest absolute Gasteiger partial charge is 0.0591 e. The molecule has 1 heteroatoms. The molecule has 2 aromatic rings. The molecule has 0 fully saturated rings. The third-order valence-corrected chi connectivity index (χ3v) is 4.07. The molecule has 2 aromatic carbocycles. The van der Waals surface area contributed by atoms with E-state index in [2.05, 4.69) is 54.6 Å². The molecule has 0 spiro atoms. The normalized spacial score (nSPS) is 11.6. The van der Waals surface area contributed by atoms with Gasteiger partial charge >= 0.3 is 0 Å². The van der Waals surface area contributed by atoms with Gasteiger partial charge in [-0.1, -0.05) is 61.0 Å². The minimum atomic E-state index is -0.526. The molecular weight excluding hydrogens is 268 g/mol. The van der Waals surface area contributed by atoms with Crippen molar-refractivity contribution < 1.29 is 5.11 Å². The van der Waals surface area contributed by atoms with Gasteiger partial charge in [0.05, 0.1) is 5.60 Å². The van der Waals surface area contributed by atoms with Gasteiger partial charge in [0.2, 0.25) is 0 Å². The quantitative estimate of drug-likeness (QED) is 0.683. The van der Waals surface area contributed by atoms with E-state index in [4.69, 9.17) is 0 Å². The second-order valence-electron chi connectivity index (χ2n) is 6.82. The Kier molecular flexibility index (Phi) is 6.21. The molecule has 0 saturated heterocycles. The van der Waals surface area contributed by atoms with Crippen LogP contribution in [-0.4, -0.2) is 10.7 Å². The molecule has 0 unspecified atom stereocenters. The number of benzene rings is 2. The van der Waals surface area contributed by atoms with Crippen LogP contribution < -0.4 is 0 Å². The summed E-state index contributed by atoms with van der Waals surface area (Å²) in [6.07, 6.45) is 6.42. The second-order valence-corrected chi connectivity index (χ2v) is 6.82. The van der Waals surface area contributed by atoms with Crippen molar-refractivity contribution in [2.75, 3.05) is 0 Å². The lowest BCUT2D eigenvalue weighted by molar-refractivity contribution is 0.0682. The first kappa shape index (κ1) is 16.8. The van der Waals surface area contributed by atoms with Crippen LogP contribution in [-0.2, 0) is 19.3 Å². The van der Waals surface area contributed by atoms with Crippen molar-refractivity contribution in [1.29, 1.82) is 0 Å². The van der Waals surface area contributed by atoms with Crippen molar-refractivity contribution >= 4 is 0 Å². The minimum Gasteiger partial charge on any atom is -0.390 e. The van der Waals surface area contributed by atoms with Crippen LogP contribution in [0.15, 0.2) is 54.6 Å². The lowest BCUT2D eigenvalue weighted by atomic mass is 9.98. The molecule has 0 aliphatic heterocycles. The maximum atomic E-state index is 9.70. The predicted octanol–water partition coefficient (Wildman–Crippen LogP) is 4.96. The molecule has 0 bridgehead atoms. The summed E-state index contributed by atoms with van der Waals surface area (Å²) in [5, 5.41) is 9.70. The molecule has 2 rings (SSSR count). The molecule has 1 N–H and O–H groups in total. The fourth-order valence-corrected chi connectivity index (χ4v) is 2.69. The molecule has 0 aromatic heterocycles. The fourth-order valence-electron chi connectivity index (χ4n) is 2.69. The highest BCUT2D eigenvalue weighted by Crippen LogP contribution is 2.15. The first-order valence-corrected chi connectivity index (χ1v) is 8.37. The van der Waals surface area contributed by atoms with Gasteiger partial charge in [0.15, 0.2) is 0 Å². The van der Waals surface area contributed by atoms with Gasteiger partial charge in [-0.15, -0.1) is 0 Å². The van der Waals surface area contributed by atoms with Crippen LogP contribution in [0, 0.1) is 0 Å². The molecule has 0 heterocycles. The summed E-state index contributed by atoms with van der Waals surface area (Å²) in [5.74, 6) is 0. The average molecular weight is 296 g/mol. The Labute approximate surface area is 135 Å². The zero-order chi connectivity index (χ0) is 15.8. The summed E-state index contributed by atoms with van der Waals surface area (Å²) >= 11 is 0. The molecular formula is C21H28O. The zero-order valence-electron chi connectivity index (χ0n) is 13.9. The van der Waals surface area contributed by atoms with Gasteiger partial charge in [0, 0.05) is 0 Å². The van der Waals surface area contributed by atoms with E-state index in [-0.39, 0.29) is 0 Å². The van der Waals surface area contributed by atoms with Crippen molar-refractivity contribution in [2.45, 2.75) is 58.0 Å². The molecule has 0 radical (unpaired) electrons. The topological polar surface area (TPSA) is 20.2 Å². The van der Waals surface area contributed by atoms with E-state index in [1.807, 2.05) is 13.8 Å². The largest absolute Gasteiger partial charge is 0.390 e. The monoisotopic (exact) mass is 296 g/mol. The summed E-state index contributed by atoms with van der Waals surface area (Å²) in [6.45, 7) is 3.77. The Bertz CT molecular complexity index is 534. The maximum Gasteiger partial charge on any atom is 0.0591 e. The second kappa shape index (κ2) is 8.14. The molecule has 0 aliphatic carbocycles. The highest BCUT2D eigenvalue weighted by molar-refractivity contribution is 5.24. The number of hydrogen-bond acceptors (Lipinski definition) is 1. The standard InChI is InChI=1S/C21H28O/c1-21(2,22)17-7-6-10-19-12-15-20(16-13-19)14-11-18-8-4-3-5-9-18/h3-5,8-9,12-13,15-16,22H,6-7,10-11,14,17H2,1-2H3. The summed E-state index contributed by atoms with van der Waals surface area (Å²) < 4.78 is 0. The number of aryl methyl sites for hydroxylation is 3. The predicted molar refractivity (Wildman–Crippen MR) is 94.1 cm³/mol. The van der Waals surface area contributed by atoms with E-state index in [0.717, 1.165) is 38.5 Å². The number of aliphatic hydroxyl groups is 1. The van der Waals surface area contributed by atoms with E-state index in [1.54, 1.807) is 0 Å². The van der Waals surface area contributed by atoms with Crippen molar-refractivity contribution in [3.05, 3.63) is 71.3 Å². The van der Waals surface area contributed by atoms with E-state index < -0.39 is 5.60 Å². The summed E-state index contributed by atoms with van der Waals surface area (Å²) in [5.41, 5.74) is 3.68. The van der Waals surface area contributed by atoms with Crippen LogP contribution in [0.2, 0.25) is 0 Å². The average Bonchev–Trinajstić information content (AvgIpc) is 2.51. The first-order chi connectivity index (χ1) is 10.5. The van der Waals surface area contributed by atoms with Gasteiger partial charge in [-0.25, -0.2) is 0 Å². The number of hydrogen-bond donors (Lipinski definition) is 1. The van der Waals surface area contributed by atoms with Gasteiger partial charge in [-0.3, -0.25) is 0 Å². The van der Waals surface area contributed by atoms with Crippen LogP contribution in [0.25, 0.3) is 0 Å². The molecule has 0 amide bonds. The SMILES string of the molecule is CC(C)(O)CCCCc1ccc(CCc2ccccc2)cc1. The van der Waals surface area contributed by atoms with E-state index in [1.165, 1.54) is 16.7 Å². The Hall–Kier alpha value is -1.60. The van der Waals surface area contributed by atoms with Gasteiger partial charge in [0.25, 0.3) is 0 Å². The van der Waals surface area contributed by atoms with Gasteiger partial charge in [-0.05, 0) is 62.6 Å². The molecule has 0 aliphatic rings. The number of rotatable bonds is 8. The third-order valence-electron chi connectivity index (χ3n) is 4.07. The van der Waals surface area contributed by atoms with Crippen LogP contribution in [0.3, 0.4) is 0 Å². The molecule has 22 heavy (non-hydrogen) atoms. The lowest BCUT2D eigenvalue weighted by Gasteiger charge is -2.16. The minimum absolute atomic E-state index is 0.526. The van der Waals surface area contributed by atoms with Crippen molar-refractivity contribution in [3.8, 4) is 0 Å². The van der Waals surface area contributed by atoms with Crippen molar-refractivity contribution in [3.63, 3.8) is 0 Å². The first-order valence-electron chi connectivity index (χ1n) is 8.37. The summed E-state index contributed by atoms with van der Waals surface area (Å²) in [4.78, 5) is 0. The molecule has 0 saturated carbocycles. The number of unbranched alkanes of at least 4 members (excludes halogenated alkanes) is 1. The Morgan fingerprint density at radius 1 is 0.682 bits per heavy atom. The maximum absolute atomic E-state index is 9.70. The molecule has 1 nitrogen and oxygen atoms in total. The van der Waals surface area contributed by atoms with Gasteiger partial charge < -0.3 is 5.11 Å². The Balaban J connectivity index is 1.73.